The van der Waals surface area contributed by atoms with Crippen molar-refractivity contribution in [1.82, 2.24) is 4.98 Å². The number of carbonyl (C=O) groups excluding carboxylic acids is 1. The van der Waals surface area contributed by atoms with E-state index in [2.05, 4.69) is 10.3 Å². The summed E-state index contributed by atoms with van der Waals surface area (Å²) in [5, 5.41) is 3.53. The summed E-state index contributed by atoms with van der Waals surface area (Å²) in [4.78, 5) is 16.4. The Balaban J connectivity index is 2.27. The van der Waals surface area contributed by atoms with Crippen LogP contribution in [-0.4, -0.2) is 25.1 Å². The molecule has 0 radical (unpaired) electrons. The van der Waals surface area contributed by atoms with E-state index < -0.39 is 17.3 Å². The van der Waals surface area contributed by atoms with Crippen molar-refractivity contribution in [2.24, 2.45) is 0 Å². The van der Waals surface area contributed by atoms with Crippen LogP contribution in [0.3, 0.4) is 0 Å². The van der Waals surface area contributed by atoms with Crippen LogP contribution >= 0.6 is 11.3 Å². The number of halogens is 1. The number of thiazole rings is 1. The van der Waals surface area contributed by atoms with E-state index in [-0.39, 0.29) is 5.56 Å². The predicted octanol–water partition coefficient (Wildman–Crippen LogP) is 2.79. The van der Waals surface area contributed by atoms with Crippen LogP contribution in [0.4, 0.5) is 9.52 Å². The maximum Gasteiger partial charge on any atom is 0.262 e. The van der Waals surface area contributed by atoms with Crippen LogP contribution < -0.4 is 10.1 Å². The first-order valence-corrected chi connectivity index (χ1v) is 6.94. The summed E-state index contributed by atoms with van der Waals surface area (Å²) in [6.45, 7) is 1.51. The first-order valence-electron chi connectivity index (χ1n) is 6.12. The minimum absolute atomic E-state index is 0.161. The molecule has 1 atom stereocenters. The Morgan fingerprint density at radius 1 is 1.38 bits per heavy atom. The first kappa shape index (κ1) is 15.4. The van der Waals surface area contributed by atoms with Crippen LogP contribution in [0, 0.1) is 5.82 Å². The van der Waals surface area contributed by atoms with Gasteiger partial charge in [0.05, 0.1) is 13.3 Å². The quantitative estimate of drug-likeness (QED) is 0.922. The summed E-state index contributed by atoms with van der Waals surface area (Å²) in [6.07, 6.45) is 1.49. The van der Waals surface area contributed by atoms with E-state index in [0.29, 0.717) is 10.2 Å². The minimum Gasteiger partial charge on any atom is -0.486 e. The molecule has 2 aromatic rings. The van der Waals surface area contributed by atoms with E-state index in [0.717, 1.165) is 0 Å². The standard InChI is InChI=1S/C14H15FN2O3S/c1-14(20-3,9-6-4-5-7-10(9)15)12(18)17-13-16-8-11(19-2)21-13/h4-8H,1-3H3,(H,16,17,18). The average Bonchev–Trinajstić information content (AvgIpc) is 2.94. The molecule has 0 aliphatic heterocycles. The Labute approximate surface area is 125 Å². The molecule has 2 rings (SSSR count). The monoisotopic (exact) mass is 310 g/mol. The Hall–Kier alpha value is -1.99. The van der Waals surface area contributed by atoms with Gasteiger partial charge in [0.15, 0.2) is 15.8 Å². The number of hydrogen-bond donors (Lipinski definition) is 1. The van der Waals surface area contributed by atoms with E-state index >= 15 is 0 Å². The number of aromatic nitrogens is 1. The topological polar surface area (TPSA) is 60.5 Å². The fourth-order valence-corrected chi connectivity index (χ4v) is 2.43. The number of nitrogens with zero attached hydrogens (tertiary/aromatic N) is 1. The molecular formula is C14H15FN2O3S. The van der Waals surface area contributed by atoms with Gasteiger partial charge in [-0.1, -0.05) is 29.5 Å². The van der Waals surface area contributed by atoms with Crippen LogP contribution in [0.1, 0.15) is 12.5 Å². The predicted molar refractivity (Wildman–Crippen MR) is 78.1 cm³/mol. The van der Waals surface area contributed by atoms with Crippen molar-refractivity contribution in [1.29, 1.82) is 0 Å². The summed E-state index contributed by atoms with van der Waals surface area (Å²) in [5.74, 6) is -1.01. The van der Waals surface area contributed by atoms with Gasteiger partial charge in [0, 0.05) is 12.7 Å². The third-order valence-electron chi connectivity index (χ3n) is 3.14. The van der Waals surface area contributed by atoms with Crippen molar-refractivity contribution in [3.63, 3.8) is 0 Å². The lowest BCUT2D eigenvalue weighted by Gasteiger charge is -2.27. The van der Waals surface area contributed by atoms with E-state index in [1.54, 1.807) is 12.1 Å². The van der Waals surface area contributed by atoms with E-state index in [1.165, 1.54) is 50.8 Å². The van der Waals surface area contributed by atoms with Crippen LogP contribution in [0.5, 0.6) is 5.06 Å². The molecule has 0 aliphatic carbocycles. The number of amides is 1. The molecule has 7 heteroatoms. The highest BCUT2D eigenvalue weighted by Gasteiger charge is 2.38. The molecule has 1 heterocycles. The van der Waals surface area contributed by atoms with Gasteiger partial charge >= 0.3 is 0 Å². The largest absolute Gasteiger partial charge is 0.486 e. The molecule has 0 saturated heterocycles. The van der Waals surface area contributed by atoms with Gasteiger partial charge in [0.1, 0.15) is 5.82 Å². The van der Waals surface area contributed by atoms with Gasteiger partial charge < -0.3 is 9.47 Å². The van der Waals surface area contributed by atoms with Gasteiger partial charge in [-0.2, -0.15) is 0 Å². The number of anilines is 1. The van der Waals surface area contributed by atoms with Gasteiger partial charge in [0.25, 0.3) is 5.91 Å². The first-order chi connectivity index (χ1) is 10.0. The molecule has 21 heavy (non-hydrogen) atoms. The van der Waals surface area contributed by atoms with E-state index in [9.17, 15) is 9.18 Å². The molecule has 0 aliphatic rings. The second-order valence-electron chi connectivity index (χ2n) is 4.36. The molecule has 1 amide bonds. The zero-order valence-corrected chi connectivity index (χ0v) is 12.7. The molecule has 0 saturated carbocycles. The van der Waals surface area contributed by atoms with Crippen molar-refractivity contribution >= 4 is 22.4 Å². The average molecular weight is 310 g/mol. The van der Waals surface area contributed by atoms with Crippen LogP contribution in [0.2, 0.25) is 0 Å². The highest BCUT2D eigenvalue weighted by Crippen LogP contribution is 2.31. The molecular weight excluding hydrogens is 295 g/mol. The maximum atomic E-state index is 13.9. The van der Waals surface area contributed by atoms with Crippen LogP contribution in [0.25, 0.3) is 0 Å². The zero-order chi connectivity index (χ0) is 15.5. The fraction of sp³-hybridized carbons (Fsp3) is 0.286. The maximum absolute atomic E-state index is 13.9. The third kappa shape index (κ3) is 3.03. The second kappa shape index (κ2) is 6.19. The Morgan fingerprint density at radius 3 is 2.67 bits per heavy atom. The van der Waals surface area contributed by atoms with Crippen LogP contribution in [0.15, 0.2) is 30.5 Å². The fourth-order valence-electron chi connectivity index (χ4n) is 1.80. The summed E-state index contributed by atoms with van der Waals surface area (Å²) >= 11 is 1.17. The summed E-state index contributed by atoms with van der Waals surface area (Å²) in [6, 6.07) is 6.00. The molecule has 1 N–H and O–H groups in total. The van der Waals surface area contributed by atoms with Gasteiger partial charge in [-0.05, 0) is 13.0 Å². The number of carbonyl (C=O) groups is 1. The highest BCUT2D eigenvalue weighted by molar-refractivity contribution is 7.17. The van der Waals surface area contributed by atoms with Crippen LogP contribution in [-0.2, 0) is 15.1 Å². The molecule has 112 valence electrons. The number of rotatable bonds is 5. The molecule has 1 aromatic heterocycles. The third-order valence-corrected chi connectivity index (χ3v) is 4.01. The van der Waals surface area contributed by atoms with Gasteiger partial charge in [0.2, 0.25) is 0 Å². The molecule has 5 nitrogen and oxygen atoms in total. The molecule has 0 spiro atoms. The van der Waals surface area contributed by atoms with Crippen molar-refractivity contribution in [3.8, 4) is 5.06 Å². The summed E-state index contributed by atoms with van der Waals surface area (Å²) in [7, 11) is 2.87. The number of methoxy groups -OCH3 is 2. The molecule has 0 bridgehead atoms. The normalized spacial score (nSPS) is 13.5. The number of hydrogen-bond acceptors (Lipinski definition) is 5. The van der Waals surface area contributed by atoms with Crippen molar-refractivity contribution in [2.45, 2.75) is 12.5 Å². The number of ether oxygens (including phenoxy) is 2. The molecule has 1 aromatic carbocycles. The number of benzene rings is 1. The van der Waals surface area contributed by atoms with Gasteiger partial charge in [-0.3, -0.25) is 10.1 Å². The molecule has 1 unspecified atom stereocenters. The van der Waals surface area contributed by atoms with E-state index in [4.69, 9.17) is 9.47 Å². The van der Waals surface area contributed by atoms with Crippen molar-refractivity contribution in [3.05, 3.63) is 41.8 Å². The number of nitrogens with one attached hydrogen (secondary N) is 1. The van der Waals surface area contributed by atoms with Gasteiger partial charge in [-0.15, -0.1) is 0 Å². The van der Waals surface area contributed by atoms with Crippen molar-refractivity contribution in [2.75, 3.05) is 19.5 Å². The summed E-state index contributed by atoms with van der Waals surface area (Å²) in [5.41, 5.74) is -1.29. The molecule has 0 fully saturated rings. The smallest absolute Gasteiger partial charge is 0.262 e. The lowest BCUT2D eigenvalue weighted by Crippen LogP contribution is -2.40. The zero-order valence-electron chi connectivity index (χ0n) is 11.8. The lowest BCUT2D eigenvalue weighted by atomic mass is 9.94. The van der Waals surface area contributed by atoms with Crippen molar-refractivity contribution < 1.29 is 18.7 Å². The Bertz CT molecular complexity index is 647. The Morgan fingerprint density at radius 2 is 2.10 bits per heavy atom. The van der Waals surface area contributed by atoms with E-state index in [1.807, 2.05) is 0 Å². The summed E-state index contributed by atoms with van der Waals surface area (Å²) < 4.78 is 24.2. The lowest BCUT2D eigenvalue weighted by molar-refractivity contribution is -0.137. The Kier molecular flexibility index (Phi) is 4.54. The minimum atomic E-state index is -1.45. The SMILES string of the molecule is COc1cnc(NC(=O)C(C)(OC)c2ccccc2F)s1. The highest BCUT2D eigenvalue weighted by atomic mass is 32.1. The van der Waals surface area contributed by atoms with Gasteiger partial charge in [-0.25, -0.2) is 9.37 Å². The second-order valence-corrected chi connectivity index (χ2v) is 5.35.